The number of hydrogen-bond donors (Lipinski definition) is 4. The van der Waals surface area contributed by atoms with Crippen molar-refractivity contribution in [3.05, 3.63) is 72.4 Å². The average Bonchev–Trinajstić information content (AvgIpc) is 3.15. The summed E-state index contributed by atoms with van der Waals surface area (Å²) < 4.78 is 58.5. The van der Waals surface area contributed by atoms with Gasteiger partial charge < -0.3 is 20.2 Å². The van der Waals surface area contributed by atoms with Gasteiger partial charge in [0.25, 0.3) is 0 Å². The maximum absolute atomic E-state index is 12.6. The standard InChI is InChI=1S/C21H15F3N4O3S/c22-21(23,24)13-4-6-14(7-5-13)26-20(29)28-18-11-25-19-16(18)8-9-17(27-19)12-2-1-3-15(10-12)32(30)31/h1-11H,(H,25,27)(H,30,31)(H2,26,28,29). The smallest absolute Gasteiger partial charge is 0.344 e. The first-order valence-corrected chi connectivity index (χ1v) is 10.3. The third kappa shape index (κ3) is 4.63. The number of hydrogen-bond acceptors (Lipinski definition) is 3. The van der Waals surface area contributed by atoms with Crippen molar-refractivity contribution in [1.82, 2.24) is 9.97 Å². The van der Waals surface area contributed by atoms with E-state index in [0.29, 0.717) is 28.0 Å². The minimum Gasteiger partial charge on any atom is -0.344 e. The molecule has 0 spiro atoms. The van der Waals surface area contributed by atoms with E-state index in [0.717, 1.165) is 12.1 Å². The molecule has 0 saturated carbocycles. The third-order valence-corrected chi connectivity index (χ3v) is 5.25. The molecule has 4 rings (SSSR count). The second-order valence-corrected chi connectivity index (χ2v) is 7.70. The highest BCUT2D eigenvalue weighted by atomic mass is 32.2. The molecule has 0 aliphatic carbocycles. The first-order valence-electron chi connectivity index (χ1n) is 9.15. The second kappa shape index (κ2) is 8.44. The Balaban J connectivity index is 1.50. The van der Waals surface area contributed by atoms with E-state index in [9.17, 15) is 26.7 Å². The van der Waals surface area contributed by atoms with Crippen LogP contribution in [0.5, 0.6) is 0 Å². The summed E-state index contributed by atoms with van der Waals surface area (Å²) in [5, 5.41) is 5.71. The quantitative estimate of drug-likeness (QED) is 0.303. The van der Waals surface area contributed by atoms with Gasteiger partial charge in [0.1, 0.15) is 5.65 Å². The largest absolute Gasteiger partial charge is 0.416 e. The van der Waals surface area contributed by atoms with Crippen LogP contribution in [0.25, 0.3) is 22.3 Å². The maximum atomic E-state index is 12.6. The Morgan fingerprint density at radius 2 is 1.78 bits per heavy atom. The van der Waals surface area contributed by atoms with E-state index in [1.165, 1.54) is 24.4 Å². The van der Waals surface area contributed by atoms with Crippen molar-refractivity contribution in [2.75, 3.05) is 10.6 Å². The number of amides is 2. The van der Waals surface area contributed by atoms with E-state index in [1.54, 1.807) is 30.3 Å². The van der Waals surface area contributed by atoms with Crippen molar-refractivity contribution >= 4 is 39.5 Å². The van der Waals surface area contributed by atoms with Crippen LogP contribution < -0.4 is 10.6 Å². The summed E-state index contributed by atoms with van der Waals surface area (Å²) in [6.07, 6.45) is -2.92. The number of nitrogens with one attached hydrogen (secondary N) is 3. The van der Waals surface area contributed by atoms with E-state index in [-0.39, 0.29) is 10.6 Å². The van der Waals surface area contributed by atoms with Crippen molar-refractivity contribution in [2.45, 2.75) is 11.1 Å². The Morgan fingerprint density at radius 3 is 2.47 bits per heavy atom. The van der Waals surface area contributed by atoms with Gasteiger partial charge in [-0.3, -0.25) is 0 Å². The number of carbonyl (C=O) groups excluding carboxylic acids is 1. The molecule has 2 amide bonds. The normalized spacial score (nSPS) is 12.5. The fourth-order valence-corrected chi connectivity index (χ4v) is 3.48. The molecule has 4 aromatic rings. The third-order valence-electron chi connectivity index (χ3n) is 4.59. The highest BCUT2D eigenvalue weighted by Gasteiger charge is 2.30. The lowest BCUT2D eigenvalue weighted by Crippen LogP contribution is -2.19. The zero-order valence-corrected chi connectivity index (χ0v) is 16.9. The molecular formula is C21H15F3N4O3S. The van der Waals surface area contributed by atoms with Gasteiger partial charge in [-0.15, -0.1) is 0 Å². The molecule has 2 heterocycles. The van der Waals surface area contributed by atoms with E-state index in [1.807, 2.05) is 0 Å². The Bertz CT molecular complexity index is 1320. The summed E-state index contributed by atoms with van der Waals surface area (Å²) in [6.45, 7) is 0. The van der Waals surface area contributed by atoms with Crippen LogP contribution in [0.1, 0.15) is 5.56 Å². The molecule has 7 nitrogen and oxygen atoms in total. The highest BCUT2D eigenvalue weighted by molar-refractivity contribution is 7.79. The van der Waals surface area contributed by atoms with E-state index >= 15 is 0 Å². The van der Waals surface area contributed by atoms with Gasteiger partial charge in [-0.1, -0.05) is 12.1 Å². The van der Waals surface area contributed by atoms with E-state index < -0.39 is 28.9 Å². The molecule has 0 fully saturated rings. The molecule has 0 bridgehead atoms. The van der Waals surface area contributed by atoms with Gasteiger partial charge in [0.05, 0.1) is 21.8 Å². The minimum absolute atomic E-state index is 0.205. The molecule has 32 heavy (non-hydrogen) atoms. The first kappa shape index (κ1) is 21.5. The summed E-state index contributed by atoms with van der Waals surface area (Å²) in [7, 11) is 0. The Hall–Kier alpha value is -3.70. The predicted molar refractivity (Wildman–Crippen MR) is 115 cm³/mol. The molecule has 4 N–H and O–H groups in total. The molecular weight excluding hydrogens is 445 g/mol. The van der Waals surface area contributed by atoms with Gasteiger partial charge in [-0.25, -0.2) is 14.0 Å². The summed E-state index contributed by atoms with van der Waals surface area (Å²) in [5.41, 5.74) is 1.51. The maximum Gasteiger partial charge on any atom is 0.416 e. The van der Waals surface area contributed by atoms with Gasteiger partial charge in [-0.2, -0.15) is 13.2 Å². The highest BCUT2D eigenvalue weighted by Crippen LogP contribution is 2.30. The molecule has 2 aromatic heterocycles. The van der Waals surface area contributed by atoms with Crippen molar-refractivity contribution in [1.29, 1.82) is 0 Å². The molecule has 0 saturated heterocycles. The van der Waals surface area contributed by atoms with E-state index in [2.05, 4.69) is 20.6 Å². The molecule has 11 heteroatoms. The summed E-state index contributed by atoms with van der Waals surface area (Å²) >= 11 is -2.11. The Kier molecular flexibility index (Phi) is 5.68. The van der Waals surface area contributed by atoms with Crippen LogP contribution in [0.4, 0.5) is 29.3 Å². The zero-order valence-electron chi connectivity index (χ0n) is 16.1. The number of fused-ring (bicyclic) bond motifs is 1. The number of nitrogens with zero attached hydrogens (tertiary/aromatic N) is 1. The number of pyridine rings is 1. The first-order chi connectivity index (χ1) is 15.2. The summed E-state index contributed by atoms with van der Waals surface area (Å²) in [6, 6.07) is 13.4. The number of aromatic amines is 1. The van der Waals surface area contributed by atoms with Crippen molar-refractivity contribution in [3.63, 3.8) is 0 Å². The summed E-state index contributed by atoms with van der Waals surface area (Å²) in [4.78, 5) is 19.9. The van der Waals surface area contributed by atoms with Gasteiger partial charge in [0.15, 0.2) is 11.1 Å². The zero-order chi connectivity index (χ0) is 22.9. The fourth-order valence-electron chi connectivity index (χ4n) is 3.06. The number of anilines is 2. The molecule has 0 radical (unpaired) electrons. The van der Waals surface area contributed by atoms with Crippen LogP contribution in [-0.2, 0) is 17.3 Å². The monoisotopic (exact) mass is 460 g/mol. The Morgan fingerprint density at radius 1 is 1.03 bits per heavy atom. The molecule has 0 aliphatic rings. The van der Waals surface area contributed by atoms with Crippen LogP contribution in [0, 0.1) is 0 Å². The minimum atomic E-state index is -4.45. The molecule has 0 aliphatic heterocycles. The predicted octanol–water partition coefficient (Wildman–Crippen LogP) is 5.47. The van der Waals surface area contributed by atoms with Crippen molar-refractivity contribution in [2.24, 2.45) is 0 Å². The average molecular weight is 460 g/mol. The number of benzene rings is 2. The SMILES string of the molecule is O=C(Nc1ccc(C(F)(F)F)cc1)Nc1c[nH]c2nc(-c3cccc(S(=O)O)c3)ccc12. The van der Waals surface area contributed by atoms with Gasteiger partial charge in [-0.05, 0) is 48.5 Å². The van der Waals surface area contributed by atoms with Crippen LogP contribution in [-0.4, -0.2) is 24.8 Å². The lowest BCUT2D eigenvalue weighted by molar-refractivity contribution is -0.137. The number of urea groups is 1. The van der Waals surface area contributed by atoms with Crippen molar-refractivity contribution in [3.8, 4) is 11.3 Å². The number of H-pyrrole nitrogens is 1. The number of carbonyl (C=O) groups is 1. The Labute approximate surface area is 182 Å². The number of halogens is 3. The number of alkyl halides is 3. The van der Waals surface area contributed by atoms with Crippen LogP contribution in [0.3, 0.4) is 0 Å². The summed E-state index contributed by atoms with van der Waals surface area (Å²) in [5.74, 6) is 0. The molecule has 164 valence electrons. The number of aromatic nitrogens is 2. The molecule has 2 aromatic carbocycles. The van der Waals surface area contributed by atoms with Crippen molar-refractivity contribution < 1.29 is 26.7 Å². The fraction of sp³-hybridized carbons (Fsp3) is 0.0476. The van der Waals surface area contributed by atoms with Gasteiger partial charge >= 0.3 is 12.2 Å². The van der Waals surface area contributed by atoms with Gasteiger partial charge in [0.2, 0.25) is 0 Å². The van der Waals surface area contributed by atoms with Gasteiger partial charge in [0, 0.05) is 22.8 Å². The number of rotatable bonds is 4. The molecule has 1 atom stereocenters. The van der Waals surface area contributed by atoms with Crippen LogP contribution >= 0.6 is 0 Å². The lowest BCUT2D eigenvalue weighted by atomic mass is 10.1. The molecule has 1 unspecified atom stereocenters. The second-order valence-electron chi connectivity index (χ2n) is 6.73. The van der Waals surface area contributed by atoms with Crippen LogP contribution in [0.2, 0.25) is 0 Å². The van der Waals surface area contributed by atoms with Crippen LogP contribution in [0.15, 0.2) is 71.8 Å². The lowest BCUT2D eigenvalue weighted by Gasteiger charge is -2.09. The topological polar surface area (TPSA) is 107 Å². The van der Waals surface area contributed by atoms with E-state index in [4.69, 9.17) is 0 Å².